The molecule has 3 heterocycles. The monoisotopic (exact) mass is 301 g/mol. The van der Waals surface area contributed by atoms with E-state index in [4.69, 9.17) is 4.74 Å². The molecule has 0 aliphatic heterocycles. The number of nitrogens with zero attached hydrogens (tertiary/aromatic N) is 3. The Morgan fingerprint density at radius 3 is 2.57 bits per heavy atom. The van der Waals surface area contributed by atoms with Crippen LogP contribution in [0, 0.1) is 0 Å². The van der Waals surface area contributed by atoms with Crippen molar-refractivity contribution in [3.05, 3.63) is 73.4 Å². The third-order valence-electron chi connectivity index (χ3n) is 3.90. The van der Waals surface area contributed by atoms with Gasteiger partial charge in [-0.3, -0.25) is 4.98 Å². The number of methoxy groups -OCH3 is 1. The average Bonchev–Trinajstić information content (AvgIpc) is 3.09. The summed E-state index contributed by atoms with van der Waals surface area (Å²) in [4.78, 5) is 8.64. The lowest BCUT2D eigenvalue weighted by Gasteiger charge is -2.11. The molecule has 0 aliphatic rings. The van der Waals surface area contributed by atoms with E-state index >= 15 is 0 Å². The molecule has 23 heavy (non-hydrogen) atoms. The normalized spacial score (nSPS) is 10.8. The molecule has 4 rings (SSSR count). The van der Waals surface area contributed by atoms with Crippen molar-refractivity contribution in [2.45, 2.75) is 0 Å². The summed E-state index contributed by atoms with van der Waals surface area (Å²) in [5.41, 5.74) is 5.36. The fraction of sp³-hybridized carbons (Fsp3) is 0.0526. The maximum absolute atomic E-state index is 5.25. The van der Waals surface area contributed by atoms with Gasteiger partial charge in [-0.15, -0.1) is 0 Å². The molecular formula is C19H15N3O. The Morgan fingerprint density at radius 1 is 0.957 bits per heavy atom. The minimum absolute atomic E-state index is 0.846. The number of pyridine rings is 2. The highest BCUT2D eigenvalue weighted by Crippen LogP contribution is 2.33. The molecule has 0 bridgehead atoms. The fourth-order valence-electron chi connectivity index (χ4n) is 2.72. The van der Waals surface area contributed by atoms with Crippen LogP contribution < -0.4 is 4.74 Å². The Labute approximate surface area is 134 Å². The minimum Gasteiger partial charge on any atom is -0.497 e. The zero-order valence-corrected chi connectivity index (χ0v) is 12.7. The Hall–Kier alpha value is -3.14. The molecule has 0 fully saturated rings. The number of benzene rings is 1. The highest BCUT2D eigenvalue weighted by atomic mass is 16.5. The molecule has 0 saturated carbocycles. The summed E-state index contributed by atoms with van der Waals surface area (Å²) in [6.45, 7) is 0. The van der Waals surface area contributed by atoms with Crippen molar-refractivity contribution in [1.29, 1.82) is 0 Å². The molecule has 3 aromatic heterocycles. The maximum Gasteiger partial charge on any atom is 0.137 e. The van der Waals surface area contributed by atoms with Gasteiger partial charge in [0.1, 0.15) is 11.4 Å². The van der Waals surface area contributed by atoms with Crippen LogP contribution in [0.4, 0.5) is 0 Å². The summed E-state index contributed by atoms with van der Waals surface area (Å²) in [5.74, 6) is 0.846. The Bertz CT molecular complexity index is 943. The second-order valence-electron chi connectivity index (χ2n) is 5.26. The SMILES string of the molecule is COc1ccc(-c2cc3nccn3cc2-c2cccnc2)cc1. The molecule has 0 spiro atoms. The first-order chi connectivity index (χ1) is 11.3. The summed E-state index contributed by atoms with van der Waals surface area (Å²) < 4.78 is 7.27. The number of ether oxygens (including phenoxy) is 1. The van der Waals surface area contributed by atoms with Gasteiger partial charge in [0.25, 0.3) is 0 Å². The van der Waals surface area contributed by atoms with Crippen molar-refractivity contribution in [3.63, 3.8) is 0 Å². The van der Waals surface area contributed by atoms with Crippen LogP contribution in [-0.4, -0.2) is 21.5 Å². The molecule has 0 aliphatic carbocycles. The van der Waals surface area contributed by atoms with Gasteiger partial charge in [-0.05, 0) is 35.4 Å². The smallest absolute Gasteiger partial charge is 0.137 e. The zero-order valence-electron chi connectivity index (χ0n) is 12.7. The first-order valence-electron chi connectivity index (χ1n) is 7.37. The van der Waals surface area contributed by atoms with Crippen molar-refractivity contribution >= 4 is 5.65 Å². The van der Waals surface area contributed by atoms with Crippen LogP contribution in [0.5, 0.6) is 5.75 Å². The number of hydrogen-bond acceptors (Lipinski definition) is 3. The highest BCUT2D eigenvalue weighted by Gasteiger charge is 2.10. The van der Waals surface area contributed by atoms with Crippen LogP contribution in [0.15, 0.2) is 73.4 Å². The van der Waals surface area contributed by atoms with E-state index in [-0.39, 0.29) is 0 Å². The lowest BCUT2D eigenvalue weighted by atomic mass is 9.97. The van der Waals surface area contributed by atoms with Crippen molar-refractivity contribution < 1.29 is 4.74 Å². The largest absolute Gasteiger partial charge is 0.497 e. The fourth-order valence-corrected chi connectivity index (χ4v) is 2.72. The first kappa shape index (κ1) is 13.5. The van der Waals surface area contributed by atoms with Gasteiger partial charge in [0.15, 0.2) is 0 Å². The minimum atomic E-state index is 0.846. The van der Waals surface area contributed by atoms with E-state index in [0.29, 0.717) is 0 Å². The van der Waals surface area contributed by atoms with Crippen LogP contribution in [0.3, 0.4) is 0 Å². The van der Waals surface area contributed by atoms with Crippen molar-refractivity contribution in [3.8, 4) is 28.0 Å². The molecule has 0 N–H and O–H groups in total. The third-order valence-corrected chi connectivity index (χ3v) is 3.90. The van der Waals surface area contributed by atoms with Crippen LogP contribution >= 0.6 is 0 Å². The van der Waals surface area contributed by atoms with Gasteiger partial charge < -0.3 is 9.14 Å². The Morgan fingerprint density at radius 2 is 1.83 bits per heavy atom. The van der Waals surface area contributed by atoms with E-state index in [0.717, 1.165) is 33.7 Å². The molecule has 4 nitrogen and oxygen atoms in total. The van der Waals surface area contributed by atoms with Gasteiger partial charge in [0.2, 0.25) is 0 Å². The number of hydrogen-bond donors (Lipinski definition) is 0. The highest BCUT2D eigenvalue weighted by molar-refractivity contribution is 5.85. The van der Waals surface area contributed by atoms with E-state index in [9.17, 15) is 0 Å². The first-order valence-corrected chi connectivity index (χ1v) is 7.37. The number of imidazole rings is 1. The molecule has 112 valence electrons. The van der Waals surface area contributed by atoms with E-state index in [1.165, 1.54) is 0 Å². The van der Waals surface area contributed by atoms with Gasteiger partial charge in [0, 0.05) is 42.1 Å². The van der Waals surface area contributed by atoms with Gasteiger partial charge in [-0.1, -0.05) is 18.2 Å². The van der Waals surface area contributed by atoms with Gasteiger partial charge >= 0.3 is 0 Å². The predicted octanol–water partition coefficient (Wildman–Crippen LogP) is 4.07. The summed E-state index contributed by atoms with van der Waals surface area (Å²) in [7, 11) is 1.67. The van der Waals surface area contributed by atoms with Gasteiger partial charge in [0.05, 0.1) is 7.11 Å². The molecule has 4 aromatic rings. The van der Waals surface area contributed by atoms with E-state index in [1.54, 1.807) is 19.5 Å². The molecule has 4 heteroatoms. The van der Waals surface area contributed by atoms with Crippen molar-refractivity contribution in [2.24, 2.45) is 0 Å². The third kappa shape index (κ3) is 2.44. The summed E-state index contributed by atoms with van der Waals surface area (Å²) in [6, 6.07) is 14.2. The number of fused-ring (bicyclic) bond motifs is 1. The summed E-state index contributed by atoms with van der Waals surface area (Å²) in [5, 5.41) is 0. The Balaban J connectivity index is 1.95. The Kier molecular flexibility index (Phi) is 3.27. The van der Waals surface area contributed by atoms with Crippen LogP contribution in [0.25, 0.3) is 27.9 Å². The van der Waals surface area contributed by atoms with Crippen LogP contribution in [0.2, 0.25) is 0 Å². The summed E-state index contributed by atoms with van der Waals surface area (Å²) in [6.07, 6.45) is 9.52. The molecule has 0 radical (unpaired) electrons. The second kappa shape index (κ2) is 5.57. The maximum atomic E-state index is 5.25. The molecule has 0 atom stereocenters. The van der Waals surface area contributed by atoms with E-state index < -0.39 is 0 Å². The predicted molar refractivity (Wildman–Crippen MR) is 90.4 cm³/mol. The lowest BCUT2D eigenvalue weighted by Crippen LogP contribution is -1.92. The zero-order chi connectivity index (χ0) is 15.6. The average molecular weight is 301 g/mol. The van der Waals surface area contributed by atoms with E-state index in [1.807, 2.05) is 35.0 Å². The van der Waals surface area contributed by atoms with Gasteiger partial charge in [-0.2, -0.15) is 0 Å². The molecular weight excluding hydrogens is 286 g/mol. The number of aromatic nitrogens is 3. The second-order valence-corrected chi connectivity index (χ2v) is 5.26. The standard InChI is InChI=1S/C19H15N3O/c1-23-16-6-4-14(5-7-16)17-11-19-21-9-10-22(19)13-18(17)15-3-2-8-20-12-15/h2-13H,1H3. The van der Waals surface area contributed by atoms with Crippen LogP contribution in [-0.2, 0) is 0 Å². The van der Waals surface area contributed by atoms with Crippen molar-refractivity contribution in [1.82, 2.24) is 14.4 Å². The molecule has 1 aromatic carbocycles. The van der Waals surface area contributed by atoms with Gasteiger partial charge in [-0.25, -0.2) is 4.98 Å². The molecule has 0 unspecified atom stereocenters. The quantitative estimate of drug-likeness (QED) is 0.572. The number of rotatable bonds is 3. The molecule has 0 saturated heterocycles. The molecule has 0 amide bonds. The van der Waals surface area contributed by atoms with Crippen LogP contribution in [0.1, 0.15) is 0 Å². The lowest BCUT2D eigenvalue weighted by molar-refractivity contribution is 0.415. The topological polar surface area (TPSA) is 39.4 Å². The van der Waals surface area contributed by atoms with E-state index in [2.05, 4.69) is 40.4 Å². The summed E-state index contributed by atoms with van der Waals surface area (Å²) >= 11 is 0. The van der Waals surface area contributed by atoms with Crippen molar-refractivity contribution in [2.75, 3.05) is 7.11 Å².